The fraction of sp³-hybridized carbons (Fsp3) is 0.500. The molecule has 1 N–H and O–H groups in total. The van der Waals surface area contributed by atoms with Gasteiger partial charge in [-0.2, -0.15) is 0 Å². The lowest BCUT2D eigenvalue weighted by Crippen LogP contribution is -2.30. The molecule has 0 spiro atoms. The van der Waals surface area contributed by atoms with E-state index in [0.717, 1.165) is 30.4 Å². The summed E-state index contributed by atoms with van der Waals surface area (Å²) in [4.78, 5) is 14.0. The Morgan fingerprint density at radius 1 is 1.33 bits per heavy atom. The maximum atomic E-state index is 12.0. The predicted molar refractivity (Wildman–Crippen MR) is 76.3 cm³/mol. The van der Waals surface area contributed by atoms with Gasteiger partial charge in [-0.25, -0.2) is 0 Å². The van der Waals surface area contributed by atoms with Crippen LogP contribution < -0.4 is 5.32 Å². The van der Waals surface area contributed by atoms with Crippen molar-refractivity contribution in [3.05, 3.63) is 34.3 Å². The quantitative estimate of drug-likeness (QED) is 0.930. The topological polar surface area (TPSA) is 32.3 Å². The van der Waals surface area contributed by atoms with Crippen LogP contribution in [0.25, 0.3) is 0 Å². The average molecular weight is 311 g/mol. The number of hydrogen-bond donors (Lipinski definition) is 1. The fourth-order valence-corrected chi connectivity index (χ4v) is 2.57. The maximum Gasteiger partial charge on any atom is 0.222 e. The number of carbonyl (C=O) groups is 1. The van der Waals surface area contributed by atoms with Crippen LogP contribution in [0.1, 0.15) is 24.8 Å². The highest BCUT2D eigenvalue weighted by atomic mass is 79.9. The van der Waals surface area contributed by atoms with Crippen LogP contribution in [-0.4, -0.2) is 30.4 Å². The molecule has 1 unspecified atom stereocenters. The minimum atomic E-state index is 0.274. The van der Waals surface area contributed by atoms with E-state index in [1.54, 1.807) is 0 Å². The van der Waals surface area contributed by atoms with Crippen LogP contribution in [-0.2, 0) is 11.3 Å². The first kappa shape index (κ1) is 13.6. The van der Waals surface area contributed by atoms with Crippen molar-refractivity contribution in [1.29, 1.82) is 0 Å². The van der Waals surface area contributed by atoms with E-state index in [1.165, 1.54) is 5.56 Å². The Hall–Kier alpha value is -0.870. The first-order valence-electron chi connectivity index (χ1n) is 6.38. The third kappa shape index (κ3) is 3.56. The smallest absolute Gasteiger partial charge is 0.222 e. The molecule has 0 saturated carbocycles. The lowest BCUT2D eigenvalue weighted by molar-refractivity contribution is -0.131. The number of carbonyl (C=O) groups excluding carboxylic acids is 1. The number of nitrogens with zero attached hydrogens (tertiary/aromatic N) is 1. The van der Waals surface area contributed by atoms with Gasteiger partial charge in [-0.1, -0.05) is 28.1 Å². The van der Waals surface area contributed by atoms with Crippen LogP contribution in [0.15, 0.2) is 28.7 Å². The van der Waals surface area contributed by atoms with Crippen LogP contribution in [0.3, 0.4) is 0 Å². The maximum absolute atomic E-state index is 12.0. The third-order valence-corrected chi connectivity index (χ3v) is 4.03. The van der Waals surface area contributed by atoms with E-state index in [2.05, 4.69) is 33.4 Å². The predicted octanol–water partition coefficient (Wildman–Crippen LogP) is 2.55. The van der Waals surface area contributed by atoms with E-state index < -0.39 is 0 Å². The fourth-order valence-electron chi connectivity index (χ4n) is 2.30. The number of rotatable bonds is 3. The van der Waals surface area contributed by atoms with E-state index in [4.69, 9.17) is 0 Å². The van der Waals surface area contributed by atoms with Gasteiger partial charge in [0, 0.05) is 30.0 Å². The Kier molecular flexibility index (Phi) is 4.78. The summed E-state index contributed by atoms with van der Waals surface area (Å²) < 4.78 is 1.07. The van der Waals surface area contributed by atoms with Gasteiger partial charge in [0.25, 0.3) is 0 Å². The number of halogens is 1. The first-order valence-corrected chi connectivity index (χ1v) is 7.18. The van der Waals surface area contributed by atoms with Crippen LogP contribution in [0.5, 0.6) is 0 Å². The second-order valence-electron chi connectivity index (χ2n) is 4.75. The SMILES string of the molecule is CNC1CCC(=O)N(Cc2ccc(Br)cc2)CC1. The summed E-state index contributed by atoms with van der Waals surface area (Å²) in [6, 6.07) is 8.65. The van der Waals surface area contributed by atoms with Crippen LogP contribution in [0.4, 0.5) is 0 Å². The Bertz CT molecular complexity index is 405. The van der Waals surface area contributed by atoms with E-state index >= 15 is 0 Å². The molecule has 18 heavy (non-hydrogen) atoms. The number of nitrogens with one attached hydrogen (secondary N) is 1. The zero-order chi connectivity index (χ0) is 13.0. The molecular formula is C14H19BrN2O. The summed E-state index contributed by atoms with van der Waals surface area (Å²) in [7, 11) is 1.97. The molecule has 1 fully saturated rings. The molecule has 2 rings (SSSR count). The third-order valence-electron chi connectivity index (χ3n) is 3.50. The van der Waals surface area contributed by atoms with Gasteiger partial charge in [-0.3, -0.25) is 4.79 Å². The van der Waals surface area contributed by atoms with Crippen molar-refractivity contribution in [2.75, 3.05) is 13.6 Å². The van der Waals surface area contributed by atoms with Crippen molar-refractivity contribution >= 4 is 21.8 Å². The molecule has 1 heterocycles. The molecule has 4 heteroatoms. The standard InChI is InChI=1S/C14H19BrN2O/c1-16-13-6-7-14(18)17(9-8-13)10-11-2-4-12(15)5-3-11/h2-5,13,16H,6-10H2,1H3. The van der Waals surface area contributed by atoms with E-state index in [-0.39, 0.29) is 5.91 Å². The number of hydrogen-bond acceptors (Lipinski definition) is 2. The Balaban J connectivity index is 1.99. The molecular weight excluding hydrogens is 292 g/mol. The van der Waals surface area contributed by atoms with Gasteiger partial charge in [0.05, 0.1) is 0 Å². The van der Waals surface area contributed by atoms with E-state index in [0.29, 0.717) is 12.5 Å². The van der Waals surface area contributed by atoms with Crippen molar-refractivity contribution in [1.82, 2.24) is 10.2 Å². The number of likely N-dealkylation sites (tertiary alicyclic amines) is 1. The molecule has 1 atom stereocenters. The Labute approximate surface area is 117 Å². The highest BCUT2D eigenvalue weighted by molar-refractivity contribution is 9.10. The Morgan fingerprint density at radius 3 is 2.72 bits per heavy atom. The largest absolute Gasteiger partial charge is 0.338 e. The lowest BCUT2D eigenvalue weighted by Gasteiger charge is -2.21. The summed E-state index contributed by atoms with van der Waals surface area (Å²) in [6.45, 7) is 1.57. The van der Waals surface area contributed by atoms with Crippen molar-refractivity contribution in [3.63, 3.8) is 0 Å². The van der Waals surface area contributed by atoms with Crippen LogP contribution in [0.2, 0.25) is 0 Å². The molecule has 3 nitrogen and oxygen atoms in total. The summed E-state index contributed by atoms with van der Waals surface area (Å²) in [5.74, 6) is 0.274. The van der Waals surface area contributed by atoms with Gasteiger partial charge in [0.1, 0.15) is 0 Å². The van der Waals surface area contributed by atoms with Gasteiger partial charge in [0.15, 0.2) is 0 Å². The highest BCUT2D eigenvalue weighted by Crippen LogP contribution is 2.16. The molecule has 1 saturated heterocycles. The minimum absolute atomic E-state index is 0.274. The summed E-state index contributed by atoms with van der Waals surface area (Å²) >= 11 is 3.42. The second kappa shape index (κ2) is 6.34. The molecule has 1 aliphatic heterocycles. The van der Waals surface area contributed by atoms with Crippen molar-refractivity contribution in [2.24, 2.45) is 0 Å². The highest BCUT2D eigenvalue weighted by Gasteiger charge is 2.21. The summed E-state index contributed by atoms with van der Waals surface area (Å²) in [5, 5.41) is 3.27. The number of benzene rings is 1. The summed E-state index contributed by atoms with van der Waals surface area (Å²) in [5.41, 5.74) is 1.19. The van der Waals surface area contributed by atoms with Gasteiger partial charge < -0.3 is 10.2 Å². The number of amides is 1. The molecule has 1 aromatic carbocycles. The van der Waals surface area contributed by atoms with Gasteiger partial charge in [0.2, 0.25) is 5.91 Å². The lowest BCUT2D eigenvalue weighted by atomic mass is 10.1. The molecule has 0 bridgehead atoms. The van der Waals surface area contributed by atoms with E-state index in [1.807, 2.05) is 24.1 Å². The molecule has 1 aliphatic rings. The molecule has 1 aromatic rings. The normalized spacial score (nSPS) is 20.9. The van der Waals surface area contributed by atoms with Crippen LogP contribution in [0, 0.1) is 0 Å². The molecule has 0 radical (unpaired) electrons. The minimum Gasteiger partial charge on any atom is -0.338 e. The van der Waals surface area contributed by atoms with Gasteiger partial charge >= 0.3 is 0 Å². The van der Waals surface area contributed by atoms with Crippen LogP contribution >= 0.6 is 15.9 Å². The zero-order valence-corrected chi connectivity index (χ0v) is 12.2. The van der Waals surface area contributed by atoms with Crippen molar-refractivity contribution in [3.8, 4) is 0 Å². The summed E-state index contributed by atoms with van der Waals surface area (Å²) in [6.07, 6.45) is 2.65. The van der Waals surface area contributed by atoms with E-state index in [9.17, 15) is 4.79 Å². The van der Waals surface area contributed by atoms with Gasteiger partial charge in [-0.05, 0) is 37.6 Å². The first-order chi connectivity index (χ1) is 8.69. The molecule has 0 aromatic heterocycles. The molecule has 0 aliphatic carbocycles. The average Bonchev–Trinajstić information content (AvgIpc) is 2.55. The Morgan fingerprint density at radius 2 is 2.06 bits per heavy atom. The zero-order valence-electron chi connectivity index (χ0n) is 10.7. The van der Waals surface area contributed by atoms with Crippen molar-refractivity contribution < 1.29 is 4.79 Å². The van der Waals surface area contributed by atoms with Crippen molar-refractivity contribution in [2.45, 2.75) is 31.8 Å². The van der Waals surface area contributed by atoms with Gasteiger partial charge in [-0.15, -0.1) is 0 Å². The monoisotopic (exact) mass is 310 g/mol. The molecule has 98 valence electrons. The molecule has 1 amide bonds. The second-order valence-corrected chi connectivity index (χ2v) is 5.67.